The molecule has 2 aromatic rings. The van der Waals surface area contributed by atoms with Crippen molar-refractivity contribution in [2.75, 3.05) is 19.0 Å². The molecule has 0 bridgehead atoms. The van der Waals surface area contributed by atoms with Gasteiger partial charge in [0.05, 0.1) is 7.11 Å². The van der Waals surface area contributed by atoms with Gasteiger partial charge in [0.2, 0.25) is 0 Å². The Kier molecular flexibility index (Phi) is 5.51. The minimum Gasteiger partial charge on any atom is -0.482 e. The van der Waals surface area contributed by atoms with Crippen LogP contribution < -0.4 is 10.1 Å². The van der Waals surface area contributed by atoms with Crippen LogP contribution in [0.3, 0.4) is 0 Å². The van der Waals surface area contributed by atoms with Gasteiger partial charge in [0.15, 0.2) is 6.61 Å². The molecule has 2 aromatic carbocycles. The number of benzene rings is 2. The number of nitrogens with one attached hydrogen (secondary N) is 1. The first-order valence-corrected chi connectivity index (χ1v) is 8.50. The molecule has 0 fully saturated rings. The Bertz CT molecular complexity index is 835. The van der Waals surface area contributed by atoms with Crippen molar-refractivity contribution in [3.63, 3.8) is 0 Å². The van der Waals surface area contributed by atoms with E-state index in [1.165, 1.54) is 19.2 Å². The number of ether oxygens (including phenoxy) is 2. The number of hydrogen-bond donors (Lipinski definition) is 1. The lowest BCUT2D eigenvalue weighted by Crippen LogP contribution is -2.19. The normalized spacial score (nSPS) is 12.8. The van der Waals surface area contributed by atoms with Crippen molar-refractivity contribution in [2.45, 2.75) is 25.7 Å². The van der Waals surface area contributed by atoms with E-state index in [0.717, 1.165) is 36.8 Å². The van der Waals surface area contributed by atoms with E-state index in [-0.39, 0.29) is 12.5 Å². The van der Waals surface area contributed by atoms with E-state index in [9.17, 15) is 14.0 Å². The summed E-state index contributed by atoms with van der Waals surface area (Å²) in [6, 6.07) is 9.17. The van der Waals surface area contributed by atoms with E-state index < -0.39 is 11.8 Å². The molecule has 1 amide bonds. The van der Waals surface area contributed by atoms with E-state index in [0.29, 0.717) is 17.0 Å². The Morgan fingerprint density at radius 3 is 2.62 bits per heavy atom. The fourth-order valence-corrected chi connectivity index (χ4v) is 3.14. The van der Waals surface area contributed by atoms with Crippen LogP contribution in [-0.2, 0) is 22.4 Å². The highest BCUT2D eigenvalue weighted by molar-refractivity contribution is 6.05. The third-order valence-electron chi connectivity index (χ3n) is 4.39. The van der Waals surface area contributed by atoms with Crippen LogP contribution in [0, 0.1) is 5.82 Å². The second kappa shape index (κ2) is 7.99. The van der Waals surface area contributed by atoms with Gasteiger partial charge in [-0.05, 0) is 67.1 Å². The third-order valence-corrected chi connectivity index (χ3v) is 4.39. The zero-order valence-corrected chi connectivity index (χ0v) is 14.5. The number of halogens is 1. The summed E-state index contributed by atoms with van der Waals surface area (Å²) in [4.78, 5) is 24.0. The second-order valence-electron chi connectivity index (χ2n) is 6.10. The molecule has 5 nitrogen and oxygen atoms in total. The van der Waals surface area contributed by atoms with Crippen LogP contribution >= 0.6 is 0 Å². The number of fused-ring (bicyclic) bond motifs is 1. The molecule has 0 unspecified atom stereocenters. The first kappa shape index (κ1) is 17.9. The van der Waals surface area contributed by atoms with Crippen LogP contribution in [0.1, 0.15) is 34.3 Å². The Balaban J connectivity index is 1.85. The molecule has 136 valence electrons. The van der Waals surface area contributed by atoms with Crippen molar-refractivity contribution in [3.05, 3.63) is 58.9 Å². The predicted molar refractivity (Wildman–Crippen MR) is 94.9 cm³/mol. The fourth-order valence-electron chi connectivity index (χ4n) is 3.14. The second-order valence-corrected chi connectivity index (χ2v) is 6.10. The summed E-state index contributed by atoms with van der Waals surface area (Å²) in [5.41, 5.74) is 2.83. The number of anilines is 1. The van der Waals surface area contributed by atoms with Crippen molar-refractivity contribution in [2.24, 2.45) is 0 Å². The molecule has 0 spiro atoms. The van der Waals surface area contributed by atoms with Crippen molar-refractivity contribution in [3.8, 4) is 5.75 Å². The first-order chi connectivity index (χ1) is 12.6. The topological polar surface area (TPSA) is 64.6 Å². The fraction of sp³-hybridized carbons (Fsp3) is 0.300. The molecule has 0 aliphatic heterocycles. The van der Waals surface area contributed by atoms with Crippen LogP contribution in [0.2, 0.25) is 0 Å². The summed E-state index contributed by atoms with van der Waals surface area (Å²) in [6.07, 6.45) is 3.52. The van der Waals surface area contributed by atoms with Gasteiger partial charge in [-0.25, -0.2) is 9.18 Å². The summed E-state index contributed by atoms with van der Waals surface area (Å²) in [7, 11) is 1.31. The lowest BCUT2D eigenvalue weighted by atomic mass is 9.87. The third kappa shape index (κ3) is 4.02. The first-order valence-electron chi connectivity index (χ1n) is 8.50. The van der Waals surface area contributed by atoms with Crippen molar-refractivity contribution < 1.29 is 23.5 Å². The minimum absolute atomic E-state index is 0.169. The van der Waals surface area contributed by atoms with Gasteiger partial charge in [-0.15, -0.1) is 0 Å². The van der Waals surface area contributed by atoms with E-state index in [1.54, 1.807) is 24.3 Å². The number of carbonyl (C=O) groups excluding carboxylic acids is 2. The van der Waals surface area contributed by atoms with Crippen molar-refractivity contribution >= 4 is 17.6 Å². The van der Waals surface area contributed by atoms with Crippen LogP contribution in [0.15, 0.2) is 36.4 Å². The molecule has 0 radical (unpaired) electrons. The molecule has 6 heteroatoms. The number of amides is 1. The molecular weight excluding hydrogens is 337 g/mol. The van der Waals surface area contributed by atoms with Gasteiger partial charge in [0.1, 0.15) is 11.6 Å². The highest BCUT2D eigenvalue weighted by Gasteiger charge is 2.22. The van der Waals surface area contributed by atoms with E-state index >= 15 is 0 Å². The zero-order chi connectivity index (χ0) is 18.5. The van der Waals surface area contributed by atoms with Gasteiger partial charge in [-0.3, -0.25) is 4.79 Å². The lowest BCUT2D eigenvalue weighted by molar-refractivity contribution is -0.142. The van der Waals surface area contributed by atoms with Crippen molar-refractivity contribution in [1.82, 2.24) is 0 Å². The van der Waals surface area contributed by atoms with Gasteiger partial charge in [0.25, 0.3) is 5.91 Å². The molecule has 3 rings (SSSR count). The summed E-state index contributed by atoms with van der Waals surface area (Å²) < 4.78 is 23.5. The molecule has 1 aliphatic carbocycles. The van der Waals surface area contributed by atoms with Crippen molar-refractivity contribution in [1.29, 1.82) is 0 Å². The SMILES string of the molecule is COC(=O)COc1ccc(C(=O)Nc2cccc(F)c2)c2c1CCCC2. The smallest absolute Gasteiger partial charge is 0.343 e. The maximum atomic E-state index is 13.3. The number of rotatable bonds is 5. The molecule has 0 atom stereocenters. The zero-order valence-electron chi connectivity index (χ0n) is 14.5. The van der Waals surface area contributed by atoms with Crippen LogP contribution in [0.5, 0.6) is 5.75 Å². The van der Waals surface area contributed by atoms with Crippen LogP contribution in [0.4, 0.5) is 10.1 Å². The highest BCUT2D eigenvalue weighted by atomic mass is 19.1. The largest absolute Gasteiger partial charge is 0.482 e. The van der Waals surface area contributed by atoms with Gasteiger partial charge < -0.3 is 14.8 Å². The highest BCUT2D eigenvalue weighted by Crippen LogP contribution is 2.33. The lowest BCUT2D eigenvalue weighted by Gasteiger charge is -2.22. The predicted octanol–water partition coefficient (Wildman–Crippen LogP) is 3.51. The Morgan fingerprint density at radius 2 is 1.88 bits per heavy atom. The minimum atomic E-state index is -0.456. The maximum Gasteiger partial charge on any atom is 0.343 e. The van der Waals surface area contributed by atoms with Crippen LogP contribution in [0.25, 0.3) is 0 Å². The van der Waals surface area contributed by atoms with Crippen LogP contribution in [-0.4, -0.2) is 25.6 Å². The average molecular weight is 357 g/mol. The molecule has 0 saturated heterocycles. The van der Waals surface area contributed by atoms with E-state index in [1.807, 2.05) is 0 Å². The molecule has 0 heterocycles. The molecule has 0 aromatic heterocycles. The number of methoxy groups -OCH3 is 1. The Labute approximate surface area is 151 Å². The van der Waals surface area contributed by atoms with Gasteiger partial charge in [-0.1, -0.05) is 6.07 Å². The molecule has 1 N–H and O–H groups in total. The molecule has 1 aliphatic rings. The molecular formula is C20H20FNO4. The number of carbonyl (C=O) groups is 2. The Morgan fingerprint density at radius 1 is 1.12 bits per heavy atom. The maximum absolute atomic E-state index is 13.3. The number of esters is 1. The summed E-state index contributed by atoms with van der Waals surface area (Å²) in [5, 5.41) is 2.73. The van der Waals surface area contributed by atoms with E-state index in [2.05, 4.69) is 10.1 Å². The average Bonchev–Trinajstić information content (AvgIpc) is 2.65. The molecule has 0 saturated carbocycles. The summed E-state index contributed by atoms with van der Waals surface area (Å²) >= 11 is 0. The van der Waals surface area contributed by atoms with E-state index in [4.69, 9.17) is 4.74 Å². The summed E-state index contributed by atoms with van der Waals surface area (Å²) in [5.74, 6) is -0.542. The van der Waals surface area contributed by atoms with Gasteiger partial charge in [0, 0.05) is 11.3 Å². The molecule has 26 heavy (non-hydrogen) atoms. The van der Waals surface area contributed by atoms with Gasteiger partial charge in [-0.2, -0.15) is 0 Å². The standard InChI is InChI=1S/C20H20FNO4/c1-25-19(23)12-26-18-10-9-17(15-7-2-3-8-16(15)18)20(24)22-14-6-4-5-13(21)11-14/h4-6,9-11H,2-3,7-8,12H2,1H3,(H,22,24). The van der Waals surface area contributed by atoms with Gasteiger partial charge >= 0.3 is 5.97 Å². The summed E-state index contributed by atoms with van der Waals surface area (Å²) in [6.45, 7) is -0.169. The monoisotopic (exact) mass is 357 g/mol. The Hall–Kier alpha value is -2.89. The number of hydrogen-bond acceptors (Lipinski definition) is 4. The quantitative estimate of drug-likeness (QED) is 0.832.